The number of ether oxygens (including phenoxy) is 1. The van der Waals surface area contributed by atoms with Crippen LogP contribution in [0.2, 0.25) is 0 Å². The standard InChI is InChI=1S/C17H14FN3O6/c1-9(22)19-15-8-12(3-4-14(15)18)20-16(23)10-5-11(17(24)27-2)7-13(6-10)21(25)26/h3-8H,1-2H3,(H,19,22)(H,20,23). The number of carbonyl (C=O) groups is 3. The fourth-order valence-corrected chi connectivity index (χ4v) is 2.18. The van der Waals surface area contributed by atoms with Gasteiger partial charge in [-0.05, 0) is 24.3 Å². The van der Waals surface area contributed by atoms with Crippen LogP contribution in [0, 0.1) is 15.9 Å². The molecule has 2 amide bonds. The first-order valence-corrected chi connectivity index (χ1v) is 7.47. The highest BCUT2D eigenvalue weighted by atomic mass is 19.1. The number of carbonyl (C=O) groups excluding carboxylic acids is 3. The zero-order chi connectivity index (χ0) is 20.1. The zero-order valence-corrected chi connectivity index (χ0v) is 14.2. The Labute approximate surface area is 152 Å². The van der Waals surface area contributed by atoms with E-state index in [2.05, 4.69) is 15.4 Å². The number of esters is 1. The highest BCUT2D eigenvalue weighted by Gasteiger charge is 2.19. The SMILES string of the molecule is COC(=O)c1cc(C(=O)Nc2ccc(F)c(NC(C)=O)c2)cc([N+](=O)[O-])c1. The number of hydrogen-bond acceptors (Lipinski definition) is 6. The highest BCUT2D eigenvalue weighted by molar-refractivity contribution is 6.06. The van der Waals surface area contributed by atoms with Gasteiger partial charge in [-0.3, -0.25) is 19.7 Å². The van der Waals surface area contributed by atoms with Crippen molar-refractivity contribution in [2.45, 2.75) is 6.92 Å². The molecule has 0 aromatic heterocycles. The number of rotatable bonds is 5. The molecular weight excluding hydrogens is 361 g/mol. The average molecular weight is 375 g/mol. The Morgan fingerprint density at radius 1 is 1.07 bits per heavy atom. The Bertz CT molecular complexity index is 944. The van der Waals surface area contributed by atoms with Crippen molar-refractivity contribution in [2.24, 2.45) is 0 Å². The molecule has 2 aromatic rings. The van der Waals surface area contributed by atoms with Gasteiger partial charge in [0.2, 0.25) is 5.91 Å². The Hall–Kier alpha value is -3.82. The number of nitro groups is 1. The van der Waals surface area contributed by atoms with Crippen molar-refractivity contribution >= 4 is 34.8 Å². The predicted octanol–water partition coefficient (Wildman–Crippen LogP) is 2.73. The Kier molecular flexibility index (Phi) is 5.81. The molecule has 0 heterocycles. The topological polar surface area (TPSA) is 128 Å². The van der Waals surface area contributed by atoms with Crippen LogP contribution in [0.15, 0.2) is 36.4 Å². The van der Waals surface area contributed by atoms with Gasteiger partial charge < -0.3 is 15.4 Å². The second kappa shape index (κ2) is 8.04. The number of halogens is 1. The van der Waals surface area contributed by atoms with E-state index in [1.54, 1.807) is 0 Å². The van der Waals surface area contributed by atoms with E-state index in [-0.39, 0.29) is 22.5 Å². The Balaban J connectivity index is 2.35. The molecule has 0 fully saturated rings. The van der Waals surface area contributed by atoms with Gasteiger partial charge in [0.25, 0.3) is 11.6 Å². The number of hydrogen-bond donors (Lipinski definition) is 2. The molecule has 10 heteroatoms. The summed E-state index contributed by atoms with van der Waals surface area (Å²) in [5, 5.41) is 15.7. The fourth-order valence-electron chi connectivity index (χ4n) is 2.18. The van der Waals surface area contributed by atoms with Gasteiger partial charge in [0, 0.05) is 30.3 Å². The zero-order valence-electron chi connectivity index (χ0n) is 14.2. The smallest absolute Gasteiger partial charge is 0.338 e. The quantitative estimate of drug-likeness (QED) is 0.470. The summed E-state index contributed by atoms with van der Waals surface area (Å²) in [6.45, 7) is 1.20. The molecule has 0 aliphatic rings. The first-order chi connectivity index (χ1) is 12.7. The number of benzene rings is 2. The maximum absolute atomic E-state index is 13.7. The second-order valence-corrected chi connectivity index (χ2v) is 5.35. The Morgan fingerprint density at radius 3 is 2.33 bits per heavy atom. The van der Waals surface area contributed by atoms with E-state index < -0.39 is 34.2 Å². The second-order valence-electron chi connectivity index (χ2n) is 5.35. The third-order valence-electron chi connectivity index (χ3n) is 3.35. The number of amides is 2. The van der Waals surface area contributed by atoms with Crippen molar-refractivity contribution in [1.82, 2.24) is 0 Å². The van der Waals surface area contributed by atoms with E-state index >= 15 is 0 Å². The third-order valence-corrected chi connectivity index (χ3v) is 3.35. The van der Waals surface area contributed by atoms with Crippen LogP contribution >= 0.6 is 0 Å². The van der Waals surface area contributed by atoms with Crippen molar-refractivity contribution in [3.8, 4) is 0 Å². The molecule has 27 heavy (non-hydrogen) atoms. The molecule has 9 nitrogen and oxygen atoms in total. The normalized spacial score (nSPS) is 10.0. The lowest BCUT2D eigenvalue weighted by Crippen LogP contribution is -2.15. The molecule has 0 aliphatic carbocycles. The summed E-state index contributed by atoms with van der Waals surface area (Å²) in [5.41, 5.74) is -0.822. The lowest BCUT2D eigenvalue weighted by atomic mass is 10.1. The van der Waals surface area contributed by atoms with Crippen molar-refractivity contribution < 1.29 is 28.4 Å². The molecule has 0 unspecified atom stereocenters. The van der Waals surface area contributed by atoms with Crippen LogP contribution in [0.25, 0.3) is 0 Å². The number of nitrogens with one attached hydrogen (secondary N) is 2. The van der Waals surface area contributed by atoms with Crippen LogP contribution in [-0.4, -0.2) is 29.8 Å². The van der Waals surface area contributed by atoms with E-state index in [0.29, 0.717) is 0 Å². The third kappa shape index (κ3) is 4.84. The molecule has 2 aromatic carbocycles. The number of methoxy groups -OCH3 is 1. The highest BCUT2D eigenvalue weighted by Crippen LogP contribution is 2.22. The van der Waals surface area contributed by atoms with Crippen LogP contribution in [0.5, 0.6) is 0 Å². The molecule has 0 spiro atoms. The first kappa shape index (κ1) is 19.5. The number of nitro benzene ring substituents is 1. The van der Waals surface area contributed by atoms with Crippen molar-refractivity contribution in [2.75, 3.05) is 17.7 Å². The van der Waals surface area contributed by atoms with Crippen molar-refractivity contribution in [3.63, 3.8) is 0 Å². The molecule has 140 valence electrons. The summed E-state index contributed by atoms with van der Waals surface area (Å²) in [5.74, 6) is -2.82. The van der Waals surface area contributed by atoms with Gasteiger partial charge in [0.1, 0.15) is 5.82 Å². The van der Waals surface area contributed by atoms with Crippen LogP contribution < -0.4 is 10.6 Å². The van der Waals surface area contributed by atoms with E-state index in [4.69, 9.17) is 0 Å². The molecule has 0 aliphatic heterocycles. The molecular formula is C17H14FN3O6. The van der Waals surface area contributed by atoms with Gasteiger partial charge in [0.15, 0.2) is 0 Å². The minimum absolute atomic E-state index is 0.135. The van der Waals surface area contributed by atoms with Gasteiger partial charge in [-0.2, -0.15) is 0 Å². The number of non-ortho nitro benzene ring substituents is 1. The summed E-state index contributed by atoms with van der Waals surface area (Å²) in [6.07, 6.45) is 0. The fraction of sp³-hybridized carbons (Fsp3) is 0.118. The van der Waals surface area contributed by atoms with Gasteiger partial charge in [0.05, 0.1) is 23.3 Å². The average Bonchev–Trinajstić information content (AvgIpc) is 2.62. The minimum atomic E-state index is -0.845. The summed E-state index contributed by atoms with van der Waals surface area (Å²) in [4.78, 5) is 45.4. The van der Waals surface area contributed by atoms with Gasteiger partial charge in [-0.1, -0.05) is 0 Å². The largest absolute Gasteiger partial charge is 0.465 e. The van der Waals surface area contributed by atoms with E-state index in [1.807, 2.05) is 0 Å². The molecule has 0 saturated heterocycles. The van der Waals surface area contributed by atoms with E-state index in [0.717, 1.165) is 31.4 Å². The van der Waals surface area contributed by atoms with Crippen LogP contribution in [0.4, 0.5) is 21.5 Å². The van der Waals surface area contributed by atoms with Crippen LogP contribution in [-0.2, 0) is 9.53 Å². The van der Waals surface area contributed by atoms with Gasteiger partial charge in [-0.25, -0.2) is 9.18 Å². The molecule has 2 rings (SSSR count). The van der Waals surface area contributed by atoms with Gasteiger partial charge >= 0.3 is 5.97 Å². The lowest BCUT2D eigenvalue weighted by Gasteiger charge is -2.10. The van der Waals surface area contributed by atoms with E-state index in [9.17, 15) is 28.9 Å². The predicted molar refractivity (Wildman–Crippen MR) is 93.1 cm³/mol. The lowest BCUT2D eigenvalue weighted by molar-refractivity contribution is -0.384. The molecule has 0 bridgehead atoms. The van der Waals surface area contributed by atoms with Crippen LogP contribution in [0.1, 0.15) is 27.6 Å². The summed E-state index contributed by atoms with van der Waals surface area (Å²) in [7, 11) is 1.10. The maximum Gasteiger partial charge on any atom is 0.338 e. The minimum Gasteiger partial charge on any atom is -0.465 e. The summed E-state index contributed by atoms with van der Waals surface area (Å²) >= 11 is 0. The molecule has 2 N–H and O–H groups in total. The number of anilines is 2. The first-order valence-electron chi connectivity index (χ1n) is 7.47. The Morgan fingerprint density at radius 2 is 1.74 bits per heavy atom. The summed E-state index contributed by atoms with van der Waals surface area (Å²) < 4.78 is 18.2. The summed E-state index contributed by atoms with van der Waals surface area (Å²) in [6, 6.07) is 6.57. The van der Waals surface area contributed by atoms with E-state index in [1.165, 1.54) is 19.1 Å². The molecule has 0 radical (unpaired) electrons. The van der Waals surface area contributed by atoms with Crippen molar-refractivity contribution in [1.29, 1.82) is 0 Å². The molecule has 0 saturated carbocycles. The maximum atomic E-state index is 13.7. The molecule has 0 atom stereocenters. The van der Waals surface area contributed by atoms with Crippen molar-refractivity contribution in [3.05, 3.63) is 63.5 Å². The monoisotopic (exact) mass is 375 g/mol. The van der Waals surface area contributed by atoms with Gasteiger partial charge in [-0.15, -0.1) is 0 Å². The number of nitrogens with zero attached hydrogens (tertiary/aromatic N) is 1. The van der Waals surface area contributed by atoms with Crippen LogP contribution in [0.3, 0.4) is 0 Å².